The summed E-state index contributed by atoms with van der Waals surface area (Å²) in [4.78, 5) is 0. The molecule has 0 spiro atoms. The third kappa shape index (κ3) is 50.5. The normalized spacial score (nSPS) is 8.40. The van der Waals surface area contributed by atoms with Crippen molar-refractivity contribution in [3.63, 3.8) is 0 Å². The number of thiol groups is 3. The van der Waals surface area contributed by atoms with Crippen LogP contribution >= 0.6 is 49.6 Å². The van der Waals surface area contributed by atoms with E-state index in [0.29, 0.717) is 5.08 Å². The maximum absolute atomic E-state index is 4.06. The van der Waals surface area contributed by atoms with Crippen LogP contribution in [0.2, 0.25) is 0 Å². The van der Waals surface area contributed by atoms with E-state index in [0.717, 1.165) is 5.08 Å². The van der Waals surface area contributed by atoms with Crippen molar-refractivity contribution in [2.24, 2.45) is 0 Å². The van der Waals surface area contributed by atoms with Gasteiger partial charge in [-0.05, 0) is 12.2 Å². The van der Waals surface area contributed by atoms with Gasteiger partial charge in [-0.1, -0.05) is 46.5 Å². The van der Waals surface area contributed by atoms with Crippen LogP contribution in [0.15, 0.2) is 0 Å². The highest BCUT2D eigenvalue weighted by atomic mass is 32.2. The zero-order chi connectivity index (χ0) is 12.4. The fraction of sp³-hybridized carbons (Fsp3) is 1.00. The quantitative estimate of drug-likeness (QED) is 0.334. The Bertz CT molecular complexity index is 63.6. The van der Waals surface area contributed by atoms with E-state index < -0.39 is 0 Å². The molecule has 0 radical (unpaired) electrons. The first-order valence-electron chi connectivity index (χ1n) is 5.65. The van der Waals surface area contributed by atoms with Gasteiger partial charge in [0.05, 0.1) is 0 Å². The van der Waals surface area contributed by atoms with Crippen LogP contribution in [0.3, 0.4) is 0 Å². The van der Waals surface area contributed by atoms with Crippen molar-refractivity contribution in [1.29, 1.82) is 0 Å². The average Bonchev–Trinajstić information content (AvgIpc) is 2.22. The summed E-state index contributed by atoms with van der Waals surface area (Å²) in [5.74, 6) is 1.28. The van der Waals surface area contributed by atoms with E-state index in [1.165, 1.54) is 37.9 Å². The number of hydrogen-bond acceptors (Lipinski definition) is 4. The van der Waals surface area contributed by atoms with Gasteiger partial charge in [0.2, 0.25) is 0 Å². The van der Waals surface area contributed by atoms with Crippen LogP contribution < -0.4 is 0 Å². The summed E-state index contributed by atoms with van der Waals surface area (Å²) >= 11 is 13.3. The van der Waals surface area contributed by atoms with Gasteiger partial charge in [0.15, 0.2) is 0 Å². The summed E-state index contributed by atoms with van der Waals surface area (Å²) in [6.07, 6.45) is 6.72. The van der Waals surface area contributed by atoms with Crippen molar-refractivity contribution in [3.05, 3.63) is 0 Å². The summed E-state index contributed by atoms with van der Waals surface area (Å²) in [7, 11) is 0. The van der Waals surface area contributed by atoms with Crippen LogP contribution in [0.25, 0.3) is 0 Å². The molecule has 0 fully saturated rings. The minimum atomic E-state index is 0.639. The molecule has 0 heterocycles. The molecule has 15 heavy (non-hydrogen) atoms. The van der Waals surface area contributed by atoms with Gasteiger partial charge >= 0.3 is 0 Å². The van der Waals surface area contributed by atoms with E-state index in [-0.39, 0.29) is 0 Å². The Morgan fingerprint density at radius 2 is 1.20 bits per heavy atom. The zero-order valence-electron chi connectivity index (χ0n) is 10.4. The summed E-state index contributed by atoms with van der Waals surface area (Å²) in [6.45, 7) is 6.63. The predicted octanol–water partition coefficient (Wildman–Crippen LogP) is 5.41. The monoisotopic (exact) mass is 288 g/mol. The van der Waals surface area contributed by atoms with Gasteiger partial charge in [0, 0.05) is 10.2 Å². The first-order chi connectivity index (χ1) is 7.24. The fourth-order valence-electron chi connectivity index (χ4n) is 0.665. The van der Waals surface area contributed by atoms with Crippen molar-refractivity contribution in [2.75, 3.05) is 15.9 Å². The summed E-state index contributed by atoms with van der Waals surface area (Å²) in [5.41, 5.74) is 0. The number of thioether (sulfide) groups is 1. The molecule has 0 amide bonds. The molecular formula is C11H28S4. The van der Waals surface area contributed by atoms with Gasteiger partial charge in [-0.3, -0.25) is 0 Å². The molecule has 0 N–H and O–H groups in total. The number of rotatable bonds is 6. The molecule has 0 saturated carbocycles. The van der Waals surface area contributed by atoms with E-state index in [4.69, 9.17) is 0 Å². The maximum atomic E-state index is 4.06. The number of unbranched alkanes of at least 4 members (excludes halogenated alkanes) is 3. The first kappa shape index (κ1) is 21.7. The smallest absolute Gasteiger partial charge is 0.0361 e. The van der Waals surface area contributed by atoms with E-state index in [9.17, 15) is 0 Å². The van der Waals surface area contributed by atoms with Crippen LogP contribution in [0, 0.1) is 0 Å². The van der Waals surface area contributed by atoms with Crippen molar-refractivity contribution in [3.8, 4) is 0 Å². The number of hydrogen-bond donors (Lipinski definition) is 3. The second-order valence-electron chi connectivity index (χ2n) is 2.89. The van der Waals surface area contributed by atoms with Crippen molar-refractivity contribution in [1.82, 2.24) is 0 Å². The van der Waals surface area contributed by atoms with Crippen molar-refractivity contribution in [2.45, 2.75) is 52.9 Å². The fourth-order valence-corrected chi connectivity index (χ4v) is 1.67. The van der Waals surface area contributed by atoms with E-state index >= 15 is 0 Å². The molecular weight excluding hydrogens is 260 g/mol. The zero-order valence-corrected chi connectivity index (χ0v) is 13.9. The molecule has 0 nitrogen and oxygen atoms in total. The van der Waals surface area contributed by atoms with E-state index in [1.807, 2.05) is 11.8 Å². The highest BCUT2D eigenvalue weighted by Crippen LogP contribution is 2.04. The Kier molecular flexibility index (Phi) is 42.6. The lowest BCUT2D eigenvalue weighted by Gasteiger charge is -1.90. The Labute approximate surface area is 118 Å². The molecule has 4 heteroatoms. The standard InChI is InChI=1S/C5H12S2.C5H12.CH4S2/c1-2-3-4-7-5-6;1-3-5-4-2;2-1-3/h6H,2-5H2,1H3;3-5H2,1-2H3;2-3H,1H2. The molecule has 0 bridgehead atoms. The summed E-state index contributed by atoms with van der Waals surface area (Å²) in [6, 6.07) is 0. The van der Waals surface area contributed by atoms with Gasteiger partial charge < -0.3 is 0 Å². The SMILES string of the molecule is CCCCC.CCCCSCS.SCS. The first-order valence-corrected chi connectivity index (χ1v) is 8.70. The second-order valence-corrected chi connectivity index (χ2v) is 5.87. The predicted molar refractivity (Wildman–Crippen MR) is 89.3 cm³/mol. The molecule has 96 valence electrons. The second kappa shape index (κ2) is 29.5. The van der Waals surface area contributed by atoms with E-state index in [2.05, 4.69) is 58.7 Å². The lowest BCUT2D eigenvalue weighted by molar-refractivity contribution is 0.772. The van der Waals surface area contributed by atoms with Gasteiger partial charge in [-0.2, -0.15) is 49.6 Å². The molecule has 0 rings (SSSR count). The molecule has 0 aromatic heterocycles. The van der Waals surface area contributed by atoms with Crippen molar-refractivity contribution >= 4 is 49.6 Å². The van der Waals surface area contributed by atoms with Crippen LogP contribution in [0.4, 0.5) is 0 Å². The van der Waals surface area contributed by atoms with Gasteiger partial charge in [-0.15, -0.1) is 0 Å². The molecule has 0 unspecified atom stereocenters. The highest BCUT2D eigenvalue weighted by Gasteiger charge is 1.80. The topological polar surface area (TPSA) is 0 Å². The Morgan fingerprint density at radius 3 is 1.40 bits per heavy atom. The molecule has 0 atom stereocenters. The lowest BCUT2D eigenvalue weighted by atomic mass is 10.3. The highest BCUT2D eigenvalue weighted by molar-refractivity contribution is 8.09. The minimum absolute atomic E-state index is 0.639. The molecule has 0 aliphatic carbocycles. The third-order valence-electron chi connectivity index (χ3n) is 1.44. The van der Waals surface area contributed by atoms with Crippen LogP contribution in [0.1, 0.15) is 52.9 Å². The van der Waals surface area contributed by atoms with Crippen LogP contribution in [-0.4, -0.2) is 15.9 Å². The molecule has 0 aliphatic heterocycles. The Hall–Kier alpha value is 1.40. The maximum Gasteiger partial charge on any atom is 0.0361 e. The van der Waals surface area contributed by atoms with Gasteiger partial charge in [0.25, 0.3) is 0 Å². The Morgan fingerprint density at radius 1 is 0.800 bits per heavy atom. The lowest BCUT2D eigenvalue weighted by Crippen LogP contribution is -1.74. The molecule has 0 saturated heterocycles. The summed E-state index contributed by atoms with van der Waals surface area (Å²) in [5, 5.41) is 1.61. The van der Waals surface area contributed by atoms with Crippen LogP contribution in [0.5, 0.6) is 0 Å². The Balaban J connectivity index is -0.000000158. The molecule has 0 aromatic rings. The summed E-state index contributed by atoms with van der Waals surface area (Å²) < 4.78 is 0. The molecule has 0 aromatic carbocycles. The third-order valence-corrected chi connectivity index (χ3v) is 2.75. The minimum Gasteiger partial charge on any atom is -0.169 e. The van der Waals surface area contributed by atoms with Gasteiger partial charge in [-0.25, -0.2) is 0 Å². The van der Waals surface area contributed by atoms with Crippen LogP contribution in [-0.2, 0) is 0 Å². The largest absolute Gasteiger partial charge is 0.169 e. The average molecular weight is 289 g/mol. The molecule has 0 aliphatic rings. The van der Waals surface area contributed by atoms with Crippen molar-refractivity contribution < 1.29 is 0 Å². The van der Waals surface area contributed by atoms with E-state index in [1.54, 1.807) is 0 Å². The van der Waals surface area contributed by atoms with Gasteiger partial charge in [0.1, 0.15) is 0 Å².